The molecular weight excluding hydrogens is 244 g/mol. The maximum atomic E-state index is 12.0. The number of aromatic nitrogens is 3. The van der Waals surface area contributed by atoms with Crippen LogP contribution in [0.4, 0.5) is 0 Å². The lowest BCUT2D eigenvalue weighted by atomic mass is 10.1. The minimum atomic E-state index is -0.294. The zero-order chi connectivity index (χ0) is 14.0. The second kappa shape index (κ2) is 5.09. The van der Waals surface area contributed by atoms with Crippen LogP contribution in [0.1, 0.15) is 34.6 Å². The van der Waals surface area contributed by atoms with E-state index in [9.17, 15) is 9.59 Å². The van der Waals surface area contributed by atoms with Gasteiger partial charge in [0.05, 0.1) is 12.2 Å². The summed E-state index contributed by atoms with van der Waals surface area (Å²) in [6.45, 7) is 3.83. The van der Waals surface area contributed by atoms with Crippen molar-refractivity contribution >= 4 is 5.91 Å². The molecule has 6 heteroatoms. The molecule has 0 aliphatic heterocycles. The first-order valence-electron chi connectivity index (χ1n) is 5.97. The third-order valence-corrected chi connectivity index (χ3v) is 3.12. The summed E-state index contributed by atoms with van der Waals surface area (Å²) in [5.41, 5.74) is 2.01. The van der Waals surface area contributed by atoms with E-state index >= 15 is 0 Å². The van der Waals surface area contributed by atoms with Gasteiger partial charge in [0.15, 0.2) is 0 Å². The molecule has 1 unspecified atom stereocenters. The molecule has 0 saturated carbocycles. The highest BCUT2D eigenvalue weighted by molar-refractivity contribution is 5.94. The normalized spacial score (nSPS) is 12.2. The van der Waals surface area contributed by atoms with Gasteiger partial charge in [-0.25, -0.2) is 0 Å². The molecule has 2 rings (SSSR count). The lowest BCUT2D eigenvalue weighted by Gasteiger charge is -2.13. The largest absolute Gasteiger partial charge is 0.345 e. The molecule has 1 atom stereocenters. The Morgan fingerprint density at radius 2 is 2.26 bits per heavy atom. The molecule has 0 bridgehead atoms. The van der Waals surface area contributed by atoms with Gasteiger partial charge in [-0.2, -0.15) is 5.10 Å². The molecule has 0 saturated heterocycles. The van der Waals surface area contributed by atoms with Crippen LogP contribution in [0.15, 0.2) is 29.3 Å². The first kappa shape index (κ1) is 13.1. The fourth-order valence-electron chi connectivity index (χ4n) is 1.88. The van der Waals surface area contributed by atoms with Crippen molar-refractivity contribution in [2.24, 2.45) is 7.05 Å². The summed E-state index contributed by atoms with van der Waals surface area (Å²) >= 11 is 0. The molecule has 0 fully saturated rings. The highest BCUT2D eigenvalue weighted by atomic mass is 16.2. The third kappa shape index (κ3) is 2.73. The van der Waals surface area contributed by atoms with E-state index in [1.807, 2.05) is 20.9 Å². The van der Waals surface area contributed by atoms with Crippen molar-refractivity contribution in [2.75, 3.05) is 0 Å². The van der Waals surface area contributed by atoms with Gasteiger partial charge >= 0.3 is 0 Å². The predicted octanol–water partition coefficient (Wildman–Crippen LogP) is 0.908. The summed E-state index contributed by atoms with van der Waals surface area (Å²) in [7, 11) is 1.85. The minimum Gasteiger partial charge on any atom is -0.345 e. The number of nitrogens with zero attached hydrogens (tertiary/aromatic N) is 2. The Labute approximate surface area is 110 Å². The molecule has 0 aromatic carbocycles. The number of rotatable bonds is 3. The topological polar surface area (TPSA) is 79.8 Å². The third-order valence-electron chi connectivity index (χ3n) is 3.12. The maximum absolute atomic E-state index is 12.0. The fourth-order valence-corrected chi connectivity index (χ4v) is 1.88. The van der Waals surface area contributed by atoms with Gasteiger partial charge in [-0.15, -0.1) is 0 Å². The van der Waals surface area contributed by atoms with Crippen LogP contribution >= 0.6 is 0 Å². The molecule has 1 amide bonds. The number of nitrogens with one attached hydrogen (secondary N) is 2. The second-order valence-electron chi connectivity index (χ2n) is 4.45. The van der Waals surface area contributed by atoms with Crippen molar-refractivity contribution in [1.82, 2.24) is 20.1 Å². The smallest absolute Gasteiger partial charge is 0.252 e. The SMILES string of the molecule is Cc1c(C(C)NC(=O)c2cc[nH]c(=O)c2)cnn1C. The summed E-state index contributed by atoms with van der Waals surface area (Å²) < 4.78 is 1.76. The molecule has 0 aliphatic rings. The fraction of sp³-hybridized carbons (Fsp3) is 0.308. The van der Waals surface area contributed by atoms with Crippen molar-refractivity contribution in [3.63, 3.8) is 0 Å². The van der Waals surface area contributed by atoms with Gasteiger partial charge in [-0.05, 0) is 19.9 Å². The number of hydrogen-bond acceptors (Lipinski definition) is 3. The Morgan fingerprint density at radius 3 is 2.84 bits per heavy atom. The molecule has 100 valence electrons. The van der Waals surface area contributed by atoms with E-state index in [0.717, 1.165) is 11.3 Å². The molecular formula is C13H16N4O2. The number of carbonyl (C=O) groups excluding carboxylic acids is 1. The number of amides is 1. The predicted molar refractivity (Wildman–Crippen MR) is 70.9 cm³/mol. The van der Waals surface area contributed by atoms with Gasteiger partial charge in [0.1, 0.15) is 0 Å². The lowest BCUT2D eigenvalue weighted by molar-refractivity contribution is 0.0939. The lowest BCUT2D eigenvalue weighted by Crippen LogP contribution is -2.27. The Balaban J connectivity index is 2.15. The van der Waals surface area contributed by atoms with Crippen molar-refractivity contribution < 1.29 is 4.79 Å². The van der Waals surface area contributed by atoms with Crippen LogP contribution in [0, 0.1) is 6.92 Å². The summed E-state index contributed by atoms with van der Waals surface area (Å²) in [6.07, 6.45) is 3.19. The van der Waals surface area contributed by atoms with Crippen LogP contribution in [0.3, 0.4) is 0 Å². The average molecular weight is 260 g/mol. The van der Waals surface area contributed by atoms with E-state index in [2.05, 4.69) is 15.4 Å². The van der Waals surface area contributed by atoms with Crippen LogP contribution in [-0.2, 0) is 7.05 Å². The molecule has 0 spiro atoms. The van der Waals surface area contributed by atoms with Crippen molar-refractivity contribution in [2.45, 2.75) is 19.9 Å². The number of H-pyrrole nitrogens is 1. The summed E-state index contributed by atoms with van der Waals surface area (Å²) in [5, 5.41) is 6.99. The molecule has 2 heterocycles. The van der Waals surface area contributed by atoms with Crippen LogP contribution in [0.5, 0.6) is 0 Å². The summed E-state index contributed by atoms with van der Waals surface area (Å²) in [4.78, 5) is 25.6. The molecule has 0 radical (unpaired) electrons. The Bertz CT molecular complexity index is 657. The van der Waals surface area contributed by atoms with Crippen molar-refractivity contribution in [3.05, 3.63) is 51.7 Å². The van der Waals surface area contributed by atoms with E-state index in [1.54, 1.807) is 16.9 Å². The van der Waals surface area contributed by atoms with Crippen molar-refractivity contribution in [1.29, 1.82) is 0 Å². The van der Waals surface area contributed by atoms with Gasteiger partial charge in [0, 0.05) is 36.1 Å². The first-order chi connectivity index (χ1) is 8.99. The second-order valence-corrected chi connectivity index (χ2v) is 4.45. The average Bonchev–Trinajstić information content (AvgIpc) is 2.70. The molecule has 6 nitrogen and oxygen atoms in total. The number of aryl methyl sites for hydroxylation is 1. The molecule has 19 heavy (non-hydrogen) atoms. The highest BCUT2D eigenvalue weighted by Gasteiger charge is 2.15. The molecule has 2 aromatic heterocycles. The van der Waals surface area contributed by atoms with Crippen LogP contribution in [-0.4, -0.2) is 20.7 Å². The molecule has 0 aliphatic carbocycles. The summed E-state index contributed by atoms with van der Waals surface area (Å²) in [5.74, 6) is -0.276. The van der Waals surface area contributed by atoms with Gasteiger partial charge in [0.2, 0.25) is 5.56 Å². The zero-order valence-corrected chi connectivity index (χ0v) is 11.1. The minimum absolute atomic E-state index is 0.166. The van der Waals surface area contributed by atoms with Crippen molar-refractivity contribution in [3.8, 4) is 0 Å². The summed E-state index contributed by atoms with van der Waals surface area (Å²) in [6, 6.07) is 2.68. The standard InChI is InChI=1S/C13H16N4O2/c1-8(11-7-15-17(3)9(11)2)16-13(19)10-4-5-14-12(18)6-10/h4-8H,1-3H3,(H,14,18)(H,16,19). The van der Waals surface area contributed by atoms with Gasteiger partial charge in [0.25, 0.3) is 5.91 Å². The zero-order valence-electron chi connectivity index (χ0n) is 11.1. The Kier molecular flexibility index (Phi) is 3.50. The quantitative estimate of drug-likeness (QED) is 0.860. The van der Waals surface area contributed by atoms with Crippen LogP contribution in [0.2, 0.25) is 0 Å². The van der Waals surface area contributed by atoms with Crippen LogP contribution in [0.25, 0.3) is 0 Å². The van der Waals surface area contributed by atoms with E-state index < -0.39 is 0 Å². The Hall–Kier alpha value is -2.37. The first-order valence-corrected chi connectivity index (χ1v) is 5.97. The van der Waals surface area contributed by atoms with Gasteiger partial charge in [-0.3, -0.25) is 14.3 Å². The van der Waals surface area contributed by atoms with E-state index in [1.165, 1.54) is 12.3 Å². The monoisotopic (exact) mass is 260 g/mol. The van der Waals surface area contributed by atoms with E-state index in [-0.39, 0.29) is 17.5 Å². The molecule has 2 N–H and O–H groups in total. The number of hydrogen-bond donors (Lipinski definition) is 2. The highest BCUT2D eigenvalue weighted by Crippen LogP contribution is 2.16. The van der Waals surface area contributed by atoms with Crippen LogP contribution < -0.4 is 10.9 Å². The molecule has 2 aromatic rings. The van der Waals surface area contributed by atoms with Gasteiger partial charge in [-0.1, -0.05) is 0 Å². The van der Waals surface area contributed by atoms with E-state index in [0.29, 0.717) is 5.56 Å². The number of carbonyl (C=O) groups is 1. The maximum Gasteiger partial charge on any atom is 0.252 e. The van der Waals surface area contributed by atoms with Gasteiger partial charge < -0.3 is 10.3 Å². The van der Waals surface area contributed by atoms with E-state index in [4.69, 9.17) is 0 Å². The number of aromatic amines is 1. The number of pyridine rings is 1. The Morgan fingerprint density at radius 1 is 1.53 bits per heavy atom.